The minimum absolute atomic E-state index is 0.416. The normalized spacial score (nSPS) is 20.8. The van der Waals surface area contributed by atoms with Gasteiger partial charge in [0.2, 0.25) is 0 Å². The van der Waals surface area contributed by atoms with Crippen molar-refractivity contribution >= 4 is 5.69 Å². The first-order valence-corrected chi connectivity index (χ1v) is 5.96. The first-order valence-electron chi connectivity index (χ1n) is 5.96. The number of alkyl halides is 3. The van der Waals surface area contributed by atoms with Crippen LogP contribution in [0.1, 0.15) is 12.0 Å². The summed E-state index contributed by atoms with van der Waals surface area (Å²) in [6.07, 6.45) is -3.28. The van der Waals surface area contributed by atoms with E-state index in [9.17, 15) is 13.2 Å². The van der Waals surface area contributed by atoms with Crippen LogP contribution < -0.4 is 4.90 Å². The predicted octanol–water partition coefficient (Wildman–Crippen LogP) is 2.85. The molecule has 2 rings (SSSR count). The van der Waals surface area contributed by atoms with Gasteiger partial charge in [-0.05, 0) is 38.7 Å². The van der Waals surface area contributed by atoms with Gasteiger partial charge in [0, 0.05) is 24.8 Å². The van der Waals surface area contributed by atoms with E-state index in [0.717, 1.165) is 25.6 Å². The Morgan fingerprint density at radius 1 is 1.28 bits per heavy atom. The Hall–Kier alpha value is -1.23. The van der Waals surface area contributed by atoms with E-state index in [1.54, 1.807) is 6.07 Å². The van der Waals surface area contributed by atoms with Gasteiger partial charge in [-0.2, -0.15) is 13.2 Å². The fourth-order valence-corrected chi connectivity index (χ4v) is 2.28. The van der Waals surface area contributed by atoms with E-state index in [1.807, 2.05) is 19.0 Å². The van der Waals surface area contributed by atoms with Crippen LogP contribution in [-0.2, 0) is 6.18 Å². The van der Waals surface area contributed by atoms with Crippen molar-refractivity contribution in [3.05, 3.63) is 29.8 Å². The Morgan fingerprint density at radius 2 is 2.00 bits per heavy atom. The number of likely N-dealkylation sites (N-methyl/N-ethyl adjacent to an activating group) is 1. The number of anilines is 1. The zero-order valence-electron chi connectivity index (χ0n) is 10.5. The molecule has 0 aliphatic carbocycles. The molecule has 5 heteroatoms. The van der Waals surface area contributed by atoms with Crippen molar-refractivity contribution in [1.29, 1.82) is 0 Å². The average molecular weight is 258 g/mol. The molecule has 0 unspecified atom stereocenters. The van der Waals surface area contributed by atoms with Gasteiger partial charge in [-0.25, -0.2) is 0 Å². The van der Waals surface area contributed by atoms with Crippen molar-refractivity contribution in [3.63, 3.8) is 0 Å². The van der Waals surface area contributed by atoms with Crippen LogP contribution in [0, 0.1) is 0 Å². The average Bonchev–Trinajstić information content (AvgIpc) is 2.77. The zero-order chi connectivity index (χ0) is 13.3. The molecule has 100 valence electrons. The second-order valence-corrected chi connectivity index (χ2v) is 4.90. The highest BCUT2D eigenvalue weighted by molar-refractivity contribution is 5.50. The molecule has 0 spiro atoms. The molecule has 1 aromatic carbocycles. The van der Waals surface area contributed by atoms with Crippen LogP contribution in [0.25, 0.3) is 0 Å². The summed E-state index contributed by atoms with van der Waals surface area (Å²) in [6.45, 7) is 1.60. The van der Waals surface area contributed by atoms with E-state index in [2.05, 4.69) is 4.90 Å². The van der Waals surface area contributed by atoms with Crippen LogP contribution in [0.15, 0.2) is 24.3 Å². The van der Waals surface area contributed by atoms with Crippen LogP contribution >= 0.6 is 0 Å². The van der Waals surface area contributed by atoms with Crippen LogP contribution in [0.2, 0.25) is 0 Å². The number of hydrogen-bond acceptors (Lipinski definition) is 2. The smallest absolute Gasteiger partial charge is 0.370 e. The van der Waals surface area contributed by atoms with E-state index >= 15 is 0 Å². The molecule has 0 amide bonds. The zero-order valence-corrected chi connectivity index (χ0v) is 10.5. The maximum absolute atomic E-state index is 12.6. The second-order valence-electron chi connectivity index (χ2n) is 4.90. The third-order valence-electron chi connectivity index (χ3n) is 3.43. The summed E-state index contributed by atoms with van der Waals surface area (Å²) in [4.78, 5) is 4.13. The van der Waals surface area contributed by atoms with Gasteiger partial charge in [-0.15, -0.1) is 0 Å². The molecule has 1 fully saturated rings. The van der Waals surface area contributed by atoms with Crippen LogP contribution in [0.3, 0.4) is 0 Å². The van der Waals surface area contributed by atoms with Crippen LogP contribution in [0.5, 0.6) is 0 Å². The van der Waals surface area contributed by atoms with E-state index in [4.69, 9.17) is 0 Å². The molecule has 2 nitrogen and oxygen atoms in total. The van der Waals surface area contributed by atoms with Crippen LogP contribution in [-0.4, -0.2) is 38.1 Å². The van der Waals surface area contributed by atoms with Crippen molar-refractivity contribution in [2.75, 3.05) is 32.1 Å². The number of rotatable bonds is 2. The lowest BCUT2D eigenvalue weighted by molar-refractivity contribution is -0.137. The molecule has 1 aliphatic heterocycles. The molecule has 0 N–H and O–H groups in total. The van der Waals surface area contributed by atoms with E-state index in [0.29, 0.717) is 11.7 Å². The van der Waals surface area contributed by atoms with E-state index in [-0.39, 0.29) is 0 Å². The maximum atomic E-state index is 12.6. The molecule has 1 atom stereocenters. The number of benzene rings is 1. The van der Waals surface area contributed by atoms with Gasteiger partial charge in [0.25, 0.3) is 0 Å². The fourth-order valence-electron chi connectivity index (χ4n) is 2.28. The van der Waals surface area contributed by atoms with Gasteiger partial charge in [0.15, 0.2) is 0 Å². The summed E-state index contributed by atoms with van der Waals surface area (Å²) in [5.41, 5.74) is 0.0856. The molecule has 1 aromatic rings. The third kappa shape index (κ3) is 2.77. The SMILES string of the molecule is CN(C)[C@H]1CCN(c2cccc(C(F)(F)F)c2)C1. The van der Waals surface area contributed by atoms with Crippen molar-refractivity contribution in [3.8, 4) is 0 Å². The number of hydrogen-bond donors (Lipinski definition) is 0. The Morgan fingerprint density at radius 3 is 2.56 bits per heavy atom. The maximum Gasteiger partial charge on any atom is 0.416 e. The molecule has 0 radical (unpaired) electrons. The molecule has 18 heavy (non-hydrogen) atoms. The first-order chi connectivity index (χ1) is 8.38. The number of nitrogens with zero attached hydrogens (tertiary/aromatic N) is 2. The largest absolute Gasteiger partial charge is 0.416 e. The molecule has 1 saturated heterocycles. The summed E-state index contributed by atoms with van der Waals surface area (Å²) in [5.74, 6) is 0. The molecular weight excluding hydrogens is 241 g/mol. The lowest BCUT2D eigenvalue weighted by Gasteiger charge is -2.22. The highest BCUT2D eigenvalue weighted by Crippen LogP contribution is 2.32. The predicted molar refractivity (Wildman–Crippen MR) is 65.7 cm³/mol. The number of halogens is 3. The summed E-state index contributed by atoms with van der Waals surface area (Å²) >= 11 is 0. The molecule has 0 saturated carbocycles. The Bertz CT molecular complexity index is 415. The molecule has 0 aromatic heterocycles. The Kier molecular flexibility index (Phi) is 3.52. The quantitative estimate of drug-likeness (QED) is 0.805. The lowest BCUT2D eigenvalue weighted by Crippen LogP contribution is -2.31. The van der Waals surface area contributed by atoms with E-state index in [1.165, 1.54) is 12.1 Å². The summed E-state index contributed by atoms with van der Waals surface area (Å²) in [6, 6.07) is 5.98. The molecule has 1 aliphatic rings. The topological polar surface area (TPSA) is 6.48 Å². The standard InChI is InChI=1S/C13H17F3N2/c1-17(2)12-6-7-18(9-12)11-5-3-4-10(8-11)13(14,15)16/h3-5,8,12H,6-7,9H2,1-2H3/t12-/m0/s1. The summed E-state index contributed by atoms with van der Waals surface area (Å²) in [5, 5.41) is 0. The molecular formula is C13H17F3N2. The van der Waals surface area contributed by atoms with Gasteiger partial charge in [-0.1, -0.05) is 6.07 Å². The van der Waals surface area contributed by atoms with E-state index < -0.39 is 11.7 Å². The third-order valence-corrected chi connectivity index (χ3v) is 3.43. The van der Waals surface area contributed by atoms with Crippen LogP contribution in [0.4, 0.5) is 18.9 Å². The second kappa shape index (κ2) is 4.80. The monoisotopic (exact) mass is 258 g/mol. The Balaban J connectivity index is 2.15. The Labute approximate surface area is 105 Å². The van der Waals surface area contributed by atoms with Crippen molar-refractivity contribution in [2.45, 2.75) is 18.6 Å². The first kappa shape index (κ1) is 13.2. The highest BCUT2D eigenvalue weighted by Gasteiger charge is 2.31. The van der Waals surface area contributed by atoms with Gasteiger partial charge in [-0.3, -0.25) is 0 Å². The summed E-state index contributed by atoms with van der Waals surface area (Å²) in [7, 11) is 4.00. The lowest BCUT2D eigenvalue weighted by atomic mass is 10.2. The molecule has 0 bridgehead atoms. The van der Waals surface area contributed by atoms with Gasteiger partial charge in [0.05, 0.1) is 5.56 Å². The van der Waals surface area contributed by atoms with Crippen molar-refractivity contribution in [2.24, 2.45) is 0 Å². The minimum atomic E-state index is -4.27. The fraction of sp³-hybridized carbons (Fsp3) is 0.538. The van der Waals surface area contributed by atoms with Crippen molar-refractivity contribution < 1.29 is 13.2 Å². The highest BCUT2D eigenvalue weighted by atomic mass is 19.4. The van der Waals surface area contributed by atoms with Gasteiger partial charge in [0.1, 0.15) is 0 Å². The summed E-state index contributed by atoms with van der Waals surface area (Å²) < 4.78 is 37.9. The van der Waals surface area contributed by atoms with Gasteiger partial charge >= 0.3 is 6.18 Å². The minimum Gasteiger partial charge on any atom is -0.370 e. The van der Waals surface area contributed by atoms with Gasteiger partial charge < -0.3 is 9.80 Å². The molecule has 1 heterocycles. The van der Waals surface area contributed by atoms with Crippen molar-refractivity contribution in [1.82, 2.24) is 4.90 Å².